The smallest absolute Gasteiger partial charge is 0.223 e. The Labute approximate surface area is 135 Å². The van der Waals surface area contributed by atoms with Crippen molar-refractivity contribution >= 4 is 21.8 Å². The van der Waals surface area contributed by atoms with E-state index in [0.29, 0.717) is 13.2 Å². The molecule has 2 N–H and O–H groups in total. The lowest BCUT2D eigenvalue weighted by molar-refractivity contribution is -0.122. The van der Waals surface area contributed by atoms with E-state index >= 15 is 0 Å². The minimum atomic E-state index is -0.477. The van der Waals surface area contributed by atoms with Crippen LogP contribution >= 0.6 is 15.9 Å². The zero-order valence-corrected chi connectivity index (χ0v) is 14.2. The normalized spacial score (nSPS) is 12.2. The number of hydrogen-bond acceptors (Lipinski definition) is 3. The average molecular weight is 358 g/mol. The maximum absolute atomic E-state index is 11.7. The number of halogens is 1. The fraction of sp³-hybridized carbons (Fsp3) is 0.562. The Balaban J connectivity index is 2.22. The van der Waals surface area contributed by atoms with Crippen molar-refractivity contribution in [3.8, 4) is 5.75 Å². The summed E-state index contributed by atoms with van der Waals surface area (Å²) in [6, 6.07) is 7.50. The number of benzene rings is 1. The SMILES string of the molecule is CCC(CC)C(O)CNC(=O)CCOc1cccc(Br)c1. The van der Waals surface area contributed by atoms with Crippen LogP contribution in [0.15, 0.2) is 28.7 Å². The van der Waals surface area contributed by atoms with Gasteiger partial charge in [0.25, 0.3) is 0 Å². The summed E-state index contributed by atoms with van der Waals surface area (Å²) in [4.78, 5) is 11.7. The third-order valence-electron chi connectivity index (χ3n) is 3.50. The van der Waals surface area contributed by atoms with Gasteiger partial charge in [0, 0.05) is 11.0 Å². The van der Waals surface area contributed by atoms with E-state index in [0.717, 1.165) is 23.1 Å². The Kier molecular flexibility index (Phi) is 8.38. The molecule has 0 bridgehead atoms. The zero-order chi connectivity index (χ0) is 15.7. The molecule has 0 aliphatic rings. The maximum Gasteiger partial charge on any atom is 0.223 e. The molecule has 0 spiro atoms. The predicted molar refractivity (Wildman–Crippen MR) is 87.3 cm³/mol. The predicted octanol–water partition coefficient (Wildman–Crippen LogP) is 3.13. The summed E-state index contributed by atoms with van der Waals surface area (Å²) in [5.74, 6) is 0.868. The van der Waals surface area contributed by atoms with Gasteiger partial charge in [-0.1, -0.05) is 48.7 Å². The summed E-state index contributed by atoms with van der Waals surface area (Å²) in [6.45, 7) is 4.72. The van der Waals surface area contributed by atoms with Crippen molar-refractivity contribution in [2.24, 2.45) is 5.92 Å². The van der Waals surface area contributed by atoms with Crippen LogP contribution in [-0.4, -0.2) is 30.3 Å². The minimum absolute atomic E-state index is 0.102. The first-order valence-electron chi connectivity index (χ1n) is 7.39. The van der Waals surface area contributed by atoms with Gasteiger partial charge in [0.05, 0.1) is 19.1 Å². The Morgan fingerprint density at radius 1 is 1.38 bits per heavy atom. The van der Waals surface area contributed by atoms with Gasteiger partial charge < -0.3 is 15.2 Å². The largest absolute Gasteiger partial charge is 0.493 e. The number of nitrogens with one attached hydrogen (secondary N) is 1. The number of aliphatic hydroxyl groups is 1. The van der Waals surface area contributed by atoms with Crippen LogP contribution in [0.2, 0.25) is 0 Å². The number of rotatable bonds is 9. The lowest BCUT2D eigenvalue weighted by Gasteiger charge is -2.20. The van der Waals surface area contributed by atoms with Crippen molar-refractivity contribution in [3.63, 3.8) is 0 Å². The van der Waals surface area contributed by atoms with Gasteiger partial charge in [0.1, 0.15) is 5.75 Å². The van der Waals surface area contributed by atoms with Crippen LogP contribution in [0, 0.1) is 5.92 Å². The molecule has 1 unspecified atom stereocenters. The van der Waals surface area contributed by atoms with Gasteiger partial charge >= 0.3 is 0 Å². The molecule has 5 heteroatoms. The molecule has 1 rings (SSSR count). The monoisotopic (exact) mass is 357 g/mol. The highest BCUT2D eigenvalue weighted by molar-refractivity contribution is 9.10. The first kappa shape index (κ1) is 18.0. The van der Waals surface area contributed by atoms with Gasteiger partial charge in [-0.3, -0.25) is 4.79 Å². The number of amides is 1. The summed E-state index contributed by atoms with van der Waals surface area (Å²) in [6.07, 6.45) is 1.64. The first-order valence-corrected chi connectivity index (χ1v) is 8.19. The molecular weight excluding hydrogens is 334 g/mol. The summed E-state index contributed by atoms with van der Waals surface area (Å²) < 4.78 is 6.44. The van der Waals surface area contributed by atoms with Crippen LogP contribution in [-0.2, 0) is 4.79 Å². The van der Waals surface area contributed by atoms with Crippen LogP contribution in [0.25, 0.3) is 0 Å². The van der Waals surface area contributed by atoms with Gasteiger partial charge in [-0.25, -0.2) is 0 Å². The first-order chi connectivity index (χ1) is 10.1. The molecule has 0 aliphatic heterocycles. The zero-order valence-electron chi connectivity index (χ0n) is 12.6. The van der Waals surface area contributed by atoms with Crippen molar-refractivity contribution in [2.75, 3.05) is 13.2 Å². The maximum atomic E-state index is 11.7. The highest BCUT2D eigenvalue weighted by atomic mass is 79.9. The molecular formula is C16H24BrNO3. The number of carbonyl (C=O) groups excluding carboxylic acids is 1. The van der Waals surface area contributed by atoms with Crippen LogP contribution in [0.4, 0.5) is 0 Å². The van der Waals surface area contributed by atoms with E-state index in [9.17, 15) is 9.90 Å². The molecule has 0 saturated carbocycles. The van der Waals surface area contributed by atoms with Crippen molar-refractivity contribution in [3.05, 3.63) is 28.7 Å². The quantitative estimate of drug-likeness (QED) is 0.713. The Morgan fingerprint density at radius 3 is 2.71 bits per heavy atom. The fourth-order valence-corrected chi connectivity index (χ4v) is 2.50. The van der Waals surface area contributed by atoms with E-state index in [1.807, 2.05) is 38.1 Å². The lowest BCUT2D eigenvalue weighted by atomic mass is 9.96. The topological polar surface area (TPSA) is 58.6 Å². The van der Waals surface area contributed by atoms with Crippen LogP contribution < -0.4 is 10.1 Å². The molecule has 0 aromatic heterocycles. The Bertz CT molecular complexity index is 435. The van der Waals surface area contributed by atoms with Crippen molar-refractivity contribution in [1.29, 1.82) is 0 Å². The standard InChI is InChI=1S/C16H24BrNO3/c1-3-12(4-2)15(19)11-18-16(20)8-9-21-14-7-5-6-13(17)10-14/h5-7,10,12,15,19H,3-4,8-9,11H2,1-2H3,(H,18,20). The second-order valence-electron chi connectivity index (χ2n) is 5.00. The van der Waals surface area contributed by atoms with Gasteiger partial charge in [0.15, 0.2) is 0 Å². The minimum Gasteiger partial charge on any atom is -0.493 e. The molecule has 21 heavy (non-hydrogen) atoms. The molecule has 118 valence electrons. The van der Waals surface area contributed by atoms with Crippen molar-refractivity contribution < 1.29 is 14.6 Å². The fourth-order valence-electron chi connectivity index (χ4n) is 2.12. The van der Waals surface area contributed by atoms with Crippen LogP contribution in [0.3, 0.4) is 0 Å². The highest BCUT2D eigenvalue weighted by Crippen LogP contribution is 2.17. The van der Waals surface area contributed by atoms with Gasteiger partial charge in [0.2, 0.25) is 5.91 Å². The molecule has 0 fully saturated rings. The van der Waals surface area contributed by atoms with E-state index in [1.54, 1.807) is 0 Å². The second kappa shape index (κ2) is 9.79. The summed E-state index contributed by atoms with van der Waals surface area (Å²) >= 11 is 3.36. The molecule has 0 saturated heterocycles. The molecule has 1 aromatic rings. The molecule has 0 radical (unpaired) electrons. The molecule has 0 aliphatic carbocycles. The van der Waals surface area contributed by atoms with Crippen molar-refractivity contribution in [1.82, 2.24) is 5.32 Å². The molecule has 0 heterocycles. The van der Waals surface area contributed by atoms with Crippen LogP contribution in [0.5, 0.6) is 5.75 Å². The number of carbonyl (C=O) groups is 1. The lowest BCUT2D eigenvalue weighted by Crippen LogP contribution is -2.36. The second-order valence-corrected chi connectivity index (χ2v) is 5.92. The van der Waals surface area contributed by atoms with Gasteiger partial charge in [-0.15, -0.1) is 0 Å². The summed E-state index contributed by atoms with van der Waals surface area (Å²) in [5, 5.41) is 12.7. The van der Waals surface area contributed by atoms with Crippen molar-refractivity contribution in [2.45, 2.75) is 39.2 Å². The number of ether oxygens (including phenoxy) is 1. The molecule has 4 nitrogen and oxygen atoms in total. The van der Waals surface area contributed by atoms with E-state index in [1.165, 1.54) is 0 Å². The summed E-state index contributed by atoms with van der Waals surface area (Å²) in [5.41, 5.74) is 0. The third kappa shape index (κ3) is 6.96. The van der Waals surface area contributed by atoms with Gasteiger partial charge in [-0.2, -0.15) is 0 Å². The van der Waals surface area contributed by atoms with E-state index in [2.05, 4.69) is 21.2 Å². The highest BCUT2D eigenvalue weighted by Gasteiger charge is 2.16. The number of hydrogen-bond donors (Lipinski definition) is 2. The average Bonchev–Trinajstić information content (AvgIpc) is 2.46. The molecule has 1 atom stereocenters. The van der Waals surface area contributed by atoms with Crippen LogP contribution in [0.1, 0.15) is 33.1 Å². The molecule has 1 aromatic carbocycles. The molecule has 1 amide bonds. The van der Waals surface area contributed by atoms with E-state index in [-0.39, 0.29) is 18.2 Å². The summed E-state index contributed by atoms with van der Waals surface area (Å²) in [7, 11) is 0. The van der Waals surface area contributed by atoms with E-state index < -0.39 is 6.10 Å². The van der Waals surface area contributed by atoms with Gasteiger partial charge in [-0.05, 0) is 24.1 Å². The Hall–Kier alpha value is -1.07. The van der Waals surface area contributed by atoms with E-state index in [4.69, 9.17) is 4.74 Å². The third-order valence-corrected chi connectivity index (χ3v) is 3.99. The number of aliphatic hydroxyl groups excluding tert-OH is 1. The Morgan fingerprint density at radius 2 is 2.10 bits per heavy atom.